The highest BCUT2D eigenvalue weighted by Gasteiger charge is 2.21. The van der Waals surface area contributed by atoms with Crippen LogP contribution in [-0.4, -0.2) is 29.5 Å². The zero-order chi connectivity index (χ0) is 41.4. The van der Waals surface area contributed by atoms with Crippen molar-refractivity contribution in [3.05, 3.63) is 194 Å². The van der Waals surface area contributed by atoms with Crippen LogP contribution in [0, 0.1) is 0 Å². The lowest BCUT2D eigenvalue weighted by Crippen LogP contribution is -2.00. The van der Waals surface area contributed by atoms with Crippen molar-refractivity contribution < 1.29 is 4.42 Å². The average Bonchev–Trinajstić information content (AvgIpc) is 4.03. The van der Waals surface area contributed by atoms with Crippen LogP contribution in [0.4, 0.5) is 0 Å². The van der Waals surface area contributed by atoms with E-state index in [1.54, 1.807) is 11.3 Å². The van der Waals surface area contributed by atoms with Gasteiger partial charge in [0.05, 0.1) is 11.0 Å². The molecule has 5 heterocycles. The molecular weight excluding hydrogens is 793 g/mol. The molecule has 294 valence electrons. The summed E-state index contributed by atoms with van der Waals surface area (Å²) in [6.07, 6.45) is 0. The first kappa shape index (κ1) is 35.4. The van der Waals surface area contributed by atoms with Crippen LogP contribution in [0.3, 0.4) is 0 Å². The molecule has 8 aromatic carbocycles. The van der Waals surface area contributed by atoms with Gasteiger partial charge in [-0.1, -0.05) is 146 Å². The standard InChI is InChI=1S/C55H32N6OS/c1-4-15-33(16-5-1)49-51-50(40-22-11-13-25-45(40)62-51)57-53(56-49)36-28-30-41-47(32-36)63-46-26-14-23-42(48(41)46)55-59-52(34-17-6-2-7-18-34)58-54(60-55)35-27-29-39-38-21-10-12-24-43(38)61(44(39)31-35)37-19-8-3-9-20-37/h1-32H. The van der Waals surface area contributed by atoms with E-state index in [1.807, 2.05) is 54.6 Å². The molecule has 0 saturated heterocycles. The first-order valence-corrected chi connectivity index (χ1v) is 21.6. The predicted molar refractivity (Wildman–Crippen MR) is 257 cm³/mol. The lowest BCUT2D eigenvalue weighted by atomic mass is 10.0. The molecule has 5 aromatic heterocycles. The van der Waals surface area contributed by atoms with Crippen LogP contribution in [-0.2, 0) is 0 Å². The minimum Gasteiger partial charge on any atom is -0.452 e. The van der Waals surface area contributed by atoms with Crippen LogP contribution >= 0.6 is 11.3 Å². The Kier molecular flexibility index (Phi) is 7.94. The van der Waals surface area contributed by atoms with Gasteiger partial charge in [-0.3, -0.25) is 0 Å². The maximum absolute atomic E-state index is 6.38. The monoisotopic (exact) mass is 824 g/mol. The Morgan fingerprint density at radius 1 is 0.397 bits per heavy atom. The Morgan fingerprint density at radius 3 is 1.83 bits per heavy atom. The minimum absolute atomic E-state index is 0.609. The van der Waals surface area contributed by atoms with Gasteiger partial charge < -0.3 is 8.98 Å². The Labute approximate surface area is 364 Å². The quantitative estimate of drug-likeness (QED) is 0.166. The molecular formula is C55H32N6OS. The number of thiophene rings is 1. The normalized spacial score (nSPS) is 11.8. The zero-order valence-electron chi connectivity index (χ0n) is 33.5. The molecule has 0 aliphatic rings. The summed E-state index contributed by atoms with van der Waals surface area (Å²) in [4.78, 5) is 26.0. The smallest absolute Gasteiger partial charge is 0.180 e. The van der Waals surface area contributed by atoms with Gasteiger partial charge in [0.15, 0.2) is 28.9 Å². The molecule has 0 radical (unpaired) electrons. The number of hydrogen-bond donors (Lipinski definition) is 0. The van der Waals surface area contributed by atoms with Crippen molar-refractivity contribution in [2.45, 2.75) is 0 Å². The van der Waals surface area contributed by atoms with Gasteiger partial charge in [-0.25, -0.2) is 24.9 Å². The zero-order valence-corrected chi connectivity index (χ0v) is 34.3. The van der Waals surface area contributed by atoms with Crippen molar-refractivity contribution >= 4 is 75.4 Å². The molecule has 0 N–H and O–H groups in total. The summed E-state index contributed by atoms with van der Waals surface area (Å²) in [6.45, 7) is 0. The van der Waals surface area contributed by atoms with Crippen LogP contribution in [0.5, 0.6) is 0 Å². The third kappa shape index (κ3) is 5.76. The molecule has 0 aliphatic carbocycles. The van der Waals surface area contributed by atoms with Gasteiger partial charge in [0.25, 0.3) is 0 Å². The minimum atomic E-state index is 0.609. The van der Waals surface area contributed by atoms with Crippen LogP contribution in [0.2, 0.25) is 0 Å². The van der Waals surface area contributed by atoms with Crippen molar-refractivity contribution in [3.8, 4) is 62.5 Å². The molecule has 8 heteroatoms. The molecule has 7 nitrogen and oxygen atoms in total. The second kappa shape index (κ2) is 14.1. The summed E-state index contributed by atoms with van der Waals surface area (Å²) < 4.78 is 11.0. The number of nitrogens with zero attached hydrogens (tertiary/aromatic N) is 6. The van der Waals surface area contributed by atoms with E-state index in [4.69, 9.17) is 29.3 Å². The molecule has 0 atom stereocenters. The number of rotatable bonds is 6. The third-order valence-electron chi connectivity index (χ3n) is 11.9. The lowest BCUT2D eigenvalue weighted by molar-refractivity contribution is 0.667. The van der Waals surface area contributed by atoms with Crippen molar-refractivity contribution in [2.24, 2.45) is 0 Å². The van der Waals surface area contributed by atoms with Crippen molar-refractivity contribution in [2.75, 3.05) is 0 Å². The summed E-state index contributed by atoms with van der Waals surface area (Å²) in [5.74, 6) is 2.49. The highest BCUT2D eigenvalue weighted by atomic mass is 32.1. The molecule has 0 aliphatic heterocycles. The highest BCUT2D eigenvalue weighted by molar-refractivity contribution is 7.26. The number of aromatic nitrogens is 6. The van der Waals surface area contributed by atoms with Gasteiger partial charge in [0, 0.05) is 69.8 Å². The van der Waals surface area contributed by atoms with Gasteiger partial charge in [0.2, 0.25) is 0 Å². The van der Waals surface area contributed by atoms with Crippen molar-refractivity contribution in [1.82, 2.24) is 29.5 Å². The molecule has 0 saturated carbocycles. The lowest BCUT2D eigenvalue weighted by Gasteiger charge is -2.11. The summed E-state index contributed by atoms with van der Waals surface area (Å²) in [5.41, 5.74) is 11.1. The Hall–Kier alpha value is -8.33. The second-order valence-corrected chi connectivity index (χ2v) is 16.7. The fraction of sp³-hybridized carbons (Fsp3) is 0. The van der Waals surface area contributed by atoms with Gasteiger partial charge in [0.1, 0.15) is 16.8 Å². The van der Waals surface area contributed by atoms with Crippen LogP contribution in [0.25, 0.3) is 127 Å². The fourth-order valence-electron chi connectivity index (χ4n) is 8.97. The van der Waals surface area contributed by atoms with E-state index >= 15 is 0 Å². The SMILES string of the molecule is c1ccc(-c2nc(-c3ccc4c5ccccc5n(-c5ccccc5)c4c3)nc(-c3cccc4sc5cc(-c6nc(-c7ccccc7)c7oc8ccccc8c7n6)ccc5c34)n2)cc1. The maximum atomic E-state index is 6.38. The van der Waals surface area contributed by atoms with Crippen LogP contribution in [0.15, 0.2) is 199 Å². The van der Waals surface area contributed by atoms with Crippen LogP contribution < -0.4 is 0 Å². The molecule has 0 amide bonds. The van der Waals surface area contributed by atoms with E-state index < -0.39 is 0 Å². The van der Waals surface area contributed by atoms with E-state index in [2.05, 4.69) is 144 Å². The number of fused-ring (bicyclic) bond motifs is 9. The molecule has 13 aromatic rings. The van der Waals surface area contributed by atoms with Crippen LogP contribution in [0.1, 0.15) is 0 Å². The molecule has 0 unspecified atom stereocenters. The van der Waals surface area contributed by atoms with E-state index in [1.165, 1.54) is 10.8 Å². The number of para-hydroxylation sites is 3. The van der Waals surface area contributed by atoms with Gasteiger partial charge in [-0.15, -0.1) is 11.3 Å². The number of hydrogen-bond acceptors (Lipinski definition) is 7. The predicted octanol–water partition coefficient (Wildman–Crippen LogP) is 14.4. The van der Waals surface area contributed by atoms with E-state index in [0.29, 0.717) is 28.9 Å². The maximum Gasteiger partial charge on any atom is 0.180 e. The molecule has 0 spiro atoms. The molecule has 63 heavy (non-hydrogen) atoms. The van der Waals surface area contributed by atoms with Crippen molar-refractivity contribution in [3.63, 3.8) is 0 Å². The number of furan rings is 1. The fourth-order valence-corrected chi connectivity index (χ4v) is 10.1. The topological polar surface area (TPSA) is 82.5 Å². The Balaban J connectivity index is 0.986. The highest BCUT2D eigenvalue weighted by Crippen LogP contribution is 2.43. The molecule has 0 bridgehead atoms. The third-order valence-corrected chi connectivity index (χ3v) is 13.0. The molecule has 0 fully saturated rings. The average molecular weight is 825 g/mol. The largest absolute Gasteiger partial charge is 0.452 e. The van der Waals surface area contributed by atoms with E-state index in [-0.39, 0.29) is 0 Å². The summed E-state index contributed by atoms with van der Waals surface area (Å²) in [7, 11) is 0. The summed E-state index contributed by atoms with van der Waals surface area (Å²) >= 11 is 1.74. The second-order valence-electron chi connectivity index (χ2n) is 15.6. The Bertz CT molecular complexity index is 3910. The van der Waals surface area contributed by atoms with Crippen molar-refractivity contribution in [1.29, 1.82) is 0 Å². The Morgan fingerprint density at radius 2 is 1.02 bits per heavy atom. The summed E-state index contributed by atoms with van der Waals surface area (Å²) in [6, 6.07) is 66.9. The van der Waals surface area contributed by atoms with Gasteiger partial charge in [-0.2, -0.15) is 0 Å². The first-order chi connectivity index (χ1) is 31.2. The summed E-state index contributed by atoms with van der Waals surface area (Å²) in [5, 5.41) is 5.55. The van der Waals surface area contributed by atoms with Gasteiger partial charge >= 0.3 is 0 Å². The molecule has 13 rings (SSSR count). The van der Waals surface area contributed by atoms with E-state index in [0.717, 1.165) is 86.9 Å². The van der Waals surface area contributed by atoms with Gasteiger partial charge in [-0.05, 0) is 48.5 Å². The first-order valence-electron chi connectivity index (χ1n) is 20.8. The number of benzene rings is 8. The van der Waals surface area contributed by atoms with E-state index in [9.17, 15) is 0 Å².